The van der Waals surface area contributed by atoms with Crippen LogP contribution in [0.15, 0.2) is 88.6 Å². The average molecular weight is 465 g/mol. The first-order valence-corrected chi connectivity index (χ1v) is 10.6. The molecule has 1 atom stereocenters. The lowest BCUT2D eigenvalue weighted by atomic mass is 10.0. The molecular weight excluding hydrogens is 440 g/mol. The molecule has 0 aliphatic carbocycles. The summed E-state index contributed by atoms with van der Waals surface area (Å²) in [6.07, 6.45) is 2.15. The molecule has 1 aromatic heterocycles. The number of ether oxygens (including phenoxy) is 1. The normalized spacial score (nSPS) is 12.1. The maximum Gasteiger partial charge on any atom is 0.331 e. The number of benzene rings is 2. The maximum absolute atomic E-state index is 13.1. The molecule has 0 bridgehead atoms. The van der Waals surface area contributed by atoms with Gasteiger partial charge in [0, 0.05) is 23.7 Å². The Morgan fingerprint density at radius 1 is 0.967 bits per heavy atom. The first kappa shape index (κ1) is 21.9. The molecule has 4 nitrogen and oxygen atoms in total. The molecule has 0 amide bonds. The summed E-state index contributed by atoms with van der Waals surface area (Å²) in [5, 5.41) is 0. The van der Waals surface area contributed by atoms with Crippen molar-refractivity contribution in [3.05, 3.63) is 100 Å². The summed E-state index contributed by atoms with van der Waals surface area (Å²) in [6, 6.07) is 22.9. The Morgan fingerprint density at radius 2 is 1.53 bits per heavy atom. The number of hydrogen-bond donors (Lipinski definition) is 0. The number of aliphatic imine (C=N–C) groups is 1. The van der Waals surface area contributed by atoms with Gasteiger partial charge in [-0.05, 0) is 48.3 Å². The largest absolute Gasteiger partial charge is 0.458 e. The zero-order valence-corrected chi connectivity index (χ0v) is 19.0. The van der Waals surface area contributed by atoms with E-state index in [4.69, 9.17) is 9.73 Å². The third kappa shape index (κ3) is 6.36. The highest BCUT2D eigenvalue weighted by atomic mass is 79.9. The average Bonchev–Trinajstić information content (AvgIpc) is 2.72. The third-order valence-electron chi connectivity index (χ3n) is 4.28. The van der Waals surface area contributed by atoms with E-state index in [0.717, 1.165) is 27.0 Å². The summed E-state index contributed by atoms with van der Waals surface area (Å²) in [7, 11) is 0. The minimum Gasteiger partial charge on any atom is -0.458 e. The molecule has 0 fully saturated rings. The summed E-state index contributed by atoms with van der Waals surface area (Å²) < 4.78 is 6.44. The number of rotatable bonds is 6. The van der Waals surface area contributed by atoms with Crippen molar-refractivity contribution in [3.63, 3.8) is 0 Å². The van der Waals surface area contributed by atoms with Crippen molar-refractivity contribution in [2.75, 3.05) is 0 Å². The molecule has 0 aliphatic rings. The number of hydrogen-bond acceptors (Lipinski definition) is 4. The Morgan fingerprint density at radius 3 is 2.00 bits per heavy atom. The smallest absolute Gasteiger partial charge is 0.331 e. The molecule has 0 N–H and O–H groups in total. The molecule has 0 saturated carbocycles. The van der Waals surface area contributed by atoms with Crippen molar-refractivity contribution in [3.8, 4) is 0 Å². The molecule has 1 heterocycles. The van der Waals surface area contributed by atoms with Crippen LogP contribution in [0.5, 0.6) is 0 Å². The van der Waals surface area contributed by atoms with Gasteiger partial charge < -0.3 is 4.74 Å². The van der Waals surface area contributed by atoms with Gasteiger partial charge in [-0.25, -0.2) is 9.78 Å². The van der Waals surface area contributed by atoms with E-state index < -0.39 is 11.6 Å². The fourth-order valence-electron chi connectivity index (χ4n) is 2.97. The molecule has 0 aliphatic heterocycles. The van der Waals surface area contributed by atoms with Gasteiger partial charge >= 0.3 is 5.97 Å². The van der Waals surface area contributed by atoms with Gasteiger partial charge in [0.05, 0.1) is 5.71 Å². The van der Waals surface area contributed by atoms with Crippen LogP contribution in [-0.2, 0) is 16.0 Å². The predicted octanol–water partition coefficient (Wildman–Crippen LogP) is 5.63. The fraction of sp³-hybridized carbons (Fsp3) is 0.240. The molecule has 2 aromatic carbocycles. The van der Waals surface area contributed by atoms with E-state index in [-0.39, 0.29) is 5.97 Å². The summed E-state index contributed by atoms with van der Waals surface area (Å²) in [6.45, 7) is 5.59. The van der Waals surface area contributed by atoms with Gasteiger partial charge in [-0.1, -0.05) is 66.7 Å². The Balaban J connectivity index is 2.05. The van der Waals surface area contributed by atoms with E-state index in [0.29, 0.717) is 6.42 Å². The first-order valence-electron chi connectivity index (χ1n) is 9.84. The second-order valence-electron chi connectivity index (χ2n) is 7.95. The van der Waals surface area contributed by atoms with E-state index >= 15 is 0 Å². The summed E-state index contributed by atoms with van der Waals surface area (Å²) in [4.78, 5) is 22.3. The maximum atomic E-state index is 13.1. The van der Waals surface area contributed by atoms with Gasteiger partial charge in [0.25, 0.3) is 0 Å². The van der Waals surface area contributed by atoms with Crippen LogP contribution in [0.2, 0.25) is 0 Å². The summed E-state index contributed by atoms with van der Waals surface area (Å²) >= 11 is 3.35. The number of halogens is 1. The van der Waals surface area contributed by atoms with Crippen LogP contribution >= 0.6 is 15.9 Å². The quantitative estimate of drug-likeness (QED) is 0.269. The Bertz CT molecular complexity index is 953. The van der Waals surface area contributed by atoms with E-state index in [1.165, 1.54) is 0 Å². The number of esters is 1. The number of aromatic nitrogens is 1. The fourth-order valence-corrected chi connectivity index (χ4v) is 3.20. The molecular formula is C25H25BrN2O2. The van der Waals surface area contributed by atoms with Gasteiger partial charge in [0.1, 0.15) is 10.2 Å². The van der Waals surface area contributed by atoms with Crippen molar-refractivity contribution in [1.82, 2.24) is 4.98 Å². The molecule has 30 heavy (non-hydrogen) atoms. The molecule has 1 unspecified atom stereocenters. The second kappa shape index (κ2) is 9.81. The zero-order valence-electron chi connectivity index (χ0n) is 17.4. The van der Waals surface area contributed by atoms with Gasteiger partial charge in [-0.15, -0.1) is 0 Å². The van der Waals surface area contributed by atoms with Crippen molar-refractivity contribution in [2.45, 2.75) is 38.8 Å². The topological polar surface area (TPSA) is 51.5 Å². The highest BCUT2D eigenvalue weighted by Crippen LogP contribution is 2.18. The molecule has 0 spiro atoms. The lowest BCUT2D eigenvalue weighted by Crippen LogP contribution is -2.33. The van der Waals surface area contributed by atoms with Crippen LogP contribution in [0, 0.1) is 0 Å². The van der Waals surface area contributed by atoms with Crippen LogP contribution in [0.1, 0.15) is 37.5 Å². The molecule has 3 rings (SSSR count). The third-order valence-corrected chi connectivity index (χ3v) is 4.75. The number of nitrogens with zero attached hydrogens (tertiary/aromatic N) is 2. The van der Waals surface area contributed by atoms with Gasteiger partial charge in [0.2, 0.25) is 0 Å². The van der Waals surface area contributed by atoms with Gasteiger partial charge in [-0.2, -0.15) is 0 Å². The summed E-state index contributed by atoms with van der Waals surface area (Å²) in [5.74, 6) is -0.352. The Labute approximate surface area is 186 Å². The van der Waals surface area contributed by atoms with Crippen LogP contribution in [0.25, 0.3) is 0 Å². The van der Waals surface area contributed by atoms with Crippen molar-refractivity contribution in [2.24, 2.45) is 4.99 Å². The number of carbonyl (C=O) groups is 1. The van der Waals surface area contributed by atoms with Gasteiger partial charge in [0.15, 0.2) is 6.04 Å². The lowest BCUT2D eigenvalue weighted by Gasteiger charge is -2.23. The highest BCUT2D eigenvalue weighted by molar-refractivity contribution is 9.10. The highest BCUT2D eigenvalue weighted by Gasteiger charge is 2.26. The van der Waals surface area contributed by atoms with E-state index in [9.17, 15) is 4.79 Å². The standard InChI is InChI=1S/C25H25BrN2O2/c1-25(2,3)30-24(29)21(16-18-14-15-22(26)27-17-18)28-23(19-10-6-4-7-11-19)20-12-8-5-9-13-20/h4-15,17,21H,16H2,1-3H3. The van der Waals surface area contributed by atoms with E-state index in [2.05, 4.69) is 20.9 Å². The van der Waals surface area contributed by atoms with Crippen LogP contribution in [-0.4, -0.2) is 28.3 Å². The van der Waals surface area contributed by atoms with E-state index in [1.807, 2.05) is 93.6 Å². The van der Waals surface area contributed by atoms with Crippen LogP contribution in [0.4, 0.5) is 0 Å². The van der Waals surface area contributed by atoms with Crippen LogP contribution < -0.4 is 0 Å². The summed E-state index contributed by atoms with van der Waals surface area (Å²) in [5.41, 5.74) is 2.98. The van der Waals surface area contributed by atoms with Crippen molar-refractivity contribution in [1.29, 1.82) is 0 Å². The molecule has 0 saturated heterocycles. The lowest BCUT2D eigenvalue weighted by molar-refractivity contribution is -0.156. The van der Waals surface area contributed by atoms with Crippen molar-refractivity contribution < 1.29 is 9.53 Å². The SMILES string of the molecule is CC(C)(C)OC(=O)C(Cc1ccc(Br)nc1)N=C(c1ccccc1)c1ccccc1. The number of carbonyl (C=O) groups excluding carboxylic acids is 1. The second-order valence-corrected chi connectivity index (χ2v) is 8.76. The zero-order chi connectivity index (χ0) is 21.6. The Hall–Kier alpha value is -2.79. The molecule has 0 radical (unpaired) electrons. The van der Waals surface area contributed by atoms with Crippen molar-refractivity contribution >= 4 is 27.6 Å². The monoisotopic (exact) mass is 464 g/mol. The minimum atomic E-state index is -0.692. The first-order chi connectivity index (χ1) is 14.3. The van der Waals surface area contributed by atoms with Crippen LogP contribution in [0.3, 0.4) is 0 Å². The number of pyridine rings is 1. The van der Waals surface area contributed by atoms with Gasteiger partial charge in [-0.3, -0.25) is 4.99 Å². The molecule has 5 heteroatoms. The predicted molar refractivity (Wildman–Crippen MR) is 124 cm³/mol. The molecule has 3 aromatic rings. The minimum absolute atomic E-state index is 0.352. The van der Waals surface area contributed by atoms with E-state index in [1.54, 1.807) is 6.20 Å². The Kier molecular flexibility index (Phi) is 7.16. The molecule has 154 valence electrons.